The van der Waals surface area contributed by atoms with Gasteiger partial charge in [-0.05, 0) is 24.3 Å². The van der Waals surface area contributed by atoms with Gasteiger partial charge in [0, 0.05) is 30.7 Å². The van der Waals surface area contributed by atoms with E-state index in [4.69, 9.17) is 16.1 Å². The number of ketones is 1. The first kappa shape index (κ1) is 18.1. The van der Waals surface area contributed by atoms with Crippen molar-refractivity contribution in [2.24, 2.45) is 0 Å². The first-order chi connectivity index (χ1) is 12.3. The molecule has 3 aromatic rings. The molecule has 3 rings (SSSR count). The fraction of sp³-hybridized carbons (Fsp3) is 0.167. The normalized spacial score (nSPS) is 11.5. The van der Waals surface area contributed by atoms with E-state index in [1.807, 2.05) is 0 Å². The van der Waals surface area contributed by atoms with Crippen LogP contribution in [0, 0.1) is 0 Å². The van der Waals surface area contributed by atoms with Crippen molar-refractivity contribution in [1.29, 1.82) is 0 Å². The van der Waals surface area contributed by atoms with Crippen LogP contribution < -0.4 is 0 Å². The zero-order valence-corrected chi connectivity index (χ0v) is 14.0. The van der Waals surface area contributed by atoms with Gasteiger partial charge in [-0.1, -0.05) is 28.9 Å². The van der Waals surface area contributed by atoms with Gasteiger partial charge in [-0.2, -0.15) is 13.2 Å². The third kappa shape index (κ3) is 4.11. The standard InChI is InChI=1S/C18H12ClF3N2O2/c19-17-14(2-1-9-23-17)16(25)8-7-13-10-15(24-26-13)11-3-5-12(6-4-11)18(20,21)22/h1-6,9-10H,7-8H2. The molecule has 0 aliphatic rings. The Morgan fingerprint density at radius 3 is 2.54 bits per heavy atom. The lowest BCUT2D eigenvalue weighted by molar-refractivity contribution is -0.137. The van der Waals surface area contributed by atoms with E-state index in [0.717, 1.165) is 12.1 Å². The molecule has 0 atom stereocenters. The lowest BCUT2D eigenvalue weighted by Crippen LogP contribution is -2.03. The molecule has 4 nitrogen and oxygen atoms in total. The van der Waals surface area contributed by atoms with E-state index in [2.05, 4.69) is 10.1 Å². The fourth-order valence-electron chi connectivity index (χ4n) is 2.36. The Balaban J connectivity index is 1.67. The van der Waals surface area contributed by atoms with Crippen molar-refractivity contribution in [3.05, 3.63) is 70.7 Å². The van der Waals surface area contributed by atoms with Crippen LogP contribution >= 0.6 is 11.6 Å². The quantitative estimate of drug-likeness (QED) is 0.449. The Kier molecular flexibility index (Phi) is 5.08. The number of pyridine rings is 1. The molecular formula is C18H12ClF3N2O2. The Morgan fingerprint density at radius 2 is 1.88 bits per heavy atom. The van der Waals surface area contributed by atoms with E-state index >= 15 is 0 Å². The minimum atomic E-state index is -4.39. The third-order valence-electron chi connectivity index (χ3n) is 3.72. The minimum Gasteiger partial charge on any atom is -0.361 e. The second-order valence-electron chi connectivity index (χ2n) is 5.52. The van der Waals surface area contributed by atoms with Crippen molar-refractivity contribution in [2.75, 3.05) is 0 Å². The van der Waals surface area contributed by atoms with Crippen molar-refractivity contribution < 1.29 is 22.5 Å². The highest BCUT2D eigenvalue weighted by molar-refractivity contribution is 6.32. The highest BCUT2D eigenvalue weighted by Gasteiger charge is 2.30. The summed E-state index contributed by atoms with van der Waals surface area (Å²) in [4.78, 5) is 16.0. The maximum Gasteiger partial charge on any atom is 0.416 e. The second kappa shape index (κ2) is 7.29. The van der Waals surface area contributed by atoms with Crippen LogP contribution in [0.5, 0.6) is 0 Å². The molecule has 0 N–H and O–H groups in total. The van der Waals surface area contributed by atoms with E-state index in [0.29, 0.717) is 22.6 Å². The summed E-state index contributed by atoms with van der Waals surface area (Å²) in [6.07, 6.45) is -2.46. The second-order valence-corrected chi connectivity index (χ2v) is 5.88. The van der Waals surface area contributed by atoms with Gasteiger partial charge in [-0.15, -0.1) is 0 Å². The van der Waals surface area contributed by atoms with E-state index in [1.54, 1.807) is 18.2 Å². The lowest BCUT2D eigenvalue weighted by Gasteiger charge is -2.06. The lowest BCUT2D eigenvalue weighted by atomic mass is 10.1. The predicted molar refractivity (Wildman–Crippen MR) is 88.8 cm³/mol. The molecule has 2 aromatic heterocycles. The molecular weight excluding hydrogens is 369 g/mol. The van der Waals surface area contributed by atoms with Gasteiger partial charge in [-0.25, -0.2) is 4.98 Å². The van der Waals surface area contributed by atoms with Crippen LogP contribution in [-0.4, -0.2) is 15.9 Å². The zero-order valence-electron chi connectivity index (χ0n) is 13.3. The first-order valence-corrected chi connectivity index (χ1v) is 7.99. The number of carbonyl (C=O) groups is 1. The Labute approximate surface area is 151 Å². The average Bonchev–Trinajstić information content (AvgIpc) is 3.08. The summed E-state index contributed by atoms with van der Waals surface area (Å²) in [7, 11) is 0. The van der Waals surface area contributed by atoms with Gasteiger partial charge in [0.05, 0.1) is 11.1 Å². The number of rotatable bonds is 5. The number of halogens is 4. The maximum absolute atomic E-state index is 12.6. The molecule has 134 valence electrons. The summed E-state index contributed by atoms with van der Waals surface area (Å²) in [6.45, 7) is 0. The smallest absolute Gasteiger partial charge is 0.361 e. The molecule has 0 spiro atoms. The molecule has 2 heterocycles. The van der Waals surface area contributed by atoms with Gasteiger partial charge in [0.2, 0.25) is 0 Å². The van der Waals surface area contributed by atoms with Crippen molar-refractivity contribution in [3.63, 3.8) is 0 Å². The summed E-state index contributed by atoms with van der Waals surface area (Å²) in [5.41, 5.74) is 0.496. The predicted octanol–water partition coefficient (Wildman–Crippen LogP) is 5.22. The first-order valence-electron chi connectivity index (χ1n) is 7.61. The summed E-state index contributed by atoms with van der Waals surface area (Å²) in [5.74, 6) is 0.267. The van der Waals surface area contributed by atoms with Crippen molar-refractivity contribution in [3.8, 4) is 11.3 Å². The summed E-state index contributed by atoms with van der Waals surface area (Å²) in [5, 5.41) is 3.98. The van der Waals surface area contributed by atoms with Gasteiger partial charge >= 0.3 is 6.18 Å². The number of benzene rings is 1. The van der Waals surface area contributed by atoms with Crippen LogP contribution in [0.2, 0.25) is 5.15 Å². The molecule has 0 saturated heterocycles. The van der Waals surface area contributed by atoms with Crippen molar-refractivity contribution >= 4 is 17.4 Å². The highest BCUT2D eigenvalue weighted by Crippen LogP contribution is 2.31. The van der Waals surface area contributed by atoms with Gasteiger partial charge in [-0.3, -0.25) is 4.79 Å². The van der Waals surface area contributed by atoms with Crippen molar-refractivity contribution in [1.82, 2.24) is 10.1 Å². The zero-order chi connectivity index (χ0) is 18.7. The molecule has 0 bridgehead atoms. The monoisotopic (exact) mass is 380 g/mol. The topological polar surface area (TPSA) is 56.0 Å². The van der Waals surface area contributed by atoms with E-state index < -0.39 is 11.7 Å². The van der Waals surface area contributed by atoms with Gasteiger partial charge in [0.25, 0.3) is 0 Å². The Morgan fingerprint density at radius 1 is 1.15 bits per heavy atom. The minimum absolute atomic E-state index is 0.139. The fourth-order valence-corrected chi connectivity index (χ4v) is 2.59. The van der Waals surface area contributed by atoms with Gasteiger partial charge in [0.1, 0.15) is 16.6 Å². The molecule has 0 saturated carbocycles. The molecule has 1 aromatic carbocycles. The van der Waals surface area contributed by atoms with Crippen LogP contribution in [0.15, 0.2) is 53.2 Å². The number of nitrogens with zero attached hydrogens (tertiary/aromatic N) is 2. The van der Waals surface area contributed by atoms with Crippen LogP contribution in [0.1, 0.15) is 28.1 Å². The van der Waals surface area contributed by atoms with Gasteiger partial charge in [0.15, 0.2) is 5.78 Å². The highest BCUT2D eigenvalue weighted by atomic mass is 35.5. The number of alkyl halides is 3. The Hall–Kier alpha value is -2.67. The van der Waals surface area contributed by atoms with Crippen LogP contribution in [0.25, 0.3) is 11.3 Å². The van der Waals surface area contributed by atoms with Crippen LogP contribution in [-0.2, 0) is 12.6 Å². The molecule has 0 aliphatic carbocycles. The number of carbonyl (C=O) groups excluding carboxylic acids is 1. The third-order valence-corrected chi connectivity index (χ3v) is 4.03. The number of hydrogen-bond donors (Lipinski definition) is 0. The van der Waals surface area contributed by atoms with Crippen LogP contribution in [0.4, 0.5) is 13.2 Å². The van der Waals surface area contributed by atoms with Crippen LogP contribution in [0.3, 0.4) is 0 Å². The molecule has 0 amide bonds. The average molecular weight is 381 g/mol. The number of aromatic nitrogens is 2. The Bertz CT molecular complexity index is 921. The molecule has 0 radical (unpaired) electrons. The molecule has 26 heavy (non-hydrogen) atoms. The molecule has 0 fully saturated rings. The number of hydrogen-bond acceptors (Lipinski definition) is 4. The van der Waals surface area contributed by atoms with Gasteiger partial charge < -0.3 is 4.52 Å². The van der Waals surface area contributed by atoms with Crippen molar-refractivity contribution in [2.45, 2.75) is 19.0 Å². The largest absolute Gasteiger partial charge is 0.416 e. The molecule has 0 unspecified atom stereocenters. The van der Waals surface area contributed by atoms with E-state index in [-0.39, 0.29) is 23.8 Å². The van der Waals surface area contributed by atoms with E-state index in [9.17, 15) is 18.0 Å². The maximum atomic E-state index is 12.6. The number of Topliss-reactive ketones (excluding diaryl/α,β-unsaturated/α-hetero) is 1. The summed E-state index contributed by atoms with van der Waals surface area (Å²) >= 11 is 5.88. The molecule has 8 heteroatoms. The molecule has 0 aliphatic heterocycles. The number of aryl methyl sites for hydroxylation is 1. The van der Waals surface area contributed by atoms with E-state index in [1.165, 1.54) is 18.3 Å². The summed E-state index contributed by atoms with van der Waals surface area (Å²) < 4.78 is 42.9. The SMILES string of the molecule is O=C(CCc1cc(-c2ccc(C(F)(F)F)cc2)no1)c1cccnc1Cl. The summed E-state index contributed by atoms with van der Waals surface area (Å²) in [6, 6.07) is 9.42.